The molecule has 0 aliphatic heterocycles. The molecule has 5 heteroatoms. The number of rotatable bonds is 2. The van der Waals surface area contributed by atoms with Crippen LogP contribution in [0.4, 0.5) is 5.69 Å². The second-order valence-corrected chi connectivity index (χ2v) is 7.57. The van der Waals surface area contributed by atoms with Crippen molar-refractivity contribution in [1.82, 2.24) is 15.2 Å². The molecule has 0 unspecified atom stereocenters. The van der Waals surface area contributed by atoms with E-state index in [0.717, 1.165) is 51.9 Å². The molecular formula is C25H29N5. The largest absolute Gasteiger partial charge is 0.399 e. The molecule has 30 heavy (non-hydrogen) atoms. The molecule has 0 saturated carbocycles. The van der Waals surface area contributed by atoms with Crippen LogP contribution >= 0.6 is 0 Å². The quantitative estimate of drug-likeness (QED) is 0.423. The fourth-order valence-corrected chi connectivity index (χ4v) is 3.87. The molecule has 2 aromatic heterocycles. The number of aryl methyl sites for hydroxylation is 3. The van der Waals surface area contributed by atoms with Gasteiger partial charge in [0.15, 0.2) is 0 Å². The van der Waals surface area contributed by atoms with E-state index in [0.29, 0.717) is 0 Å². The molecule has 0 spiro atoms. The molecule has 2 heterocycles. The summed E-state index contributed by atoms with van der Waals surface area (Å²) in [7, 11) is 0. The average Bonchev–Trinajstić information content (AvgIpc) is 3.22. The van der Waals surface area contributed by atoms with Gasteiger partial charge in [-0.2, -0.15) is 10.4 Å². The fraction of sp³-hybridized carbons (Fsp3) is 0.240. The number of anilines is 1. The third-order valence-electron chi connectivity index (χ3n) is 5.52. The lowest BCUT2D eigenvalue weighted by Crippen LogP contribution is -2.02. The first kappa shape index (κ1) is 19.7. The van der Waals surface area contributed by atoms with Crippen molar-refractivity contribution in [1.29, 1.82) is 5.26 Å². The van der Waals surface area contributed by atoms with Crippen LogP contribution in [0.2, 0.25) is 0 Å². The van der Waals surface area contributed by atoms with Crippen LogP contribution < -0.4 is 5.73 Å². The average molecular weight is 400 g/mol. The lowest BCUT2D eigenvalue weighted by Gasteiger charge is -2.14. The molecule has 1 aliphatic carbocycles. The van der Waals surface area contributed by atoms with Crippen LogP contribution in [0.1, 0.15) is 45.0 Å². The Morgan fingerprint density at radius 2 is 1.90 bits per heavy atom. The summed E-state index contributed by atoms with van der Waals surface area (Å²) in [5.74, 6) is 0. The number of benzene rings is 2. The SMILES string of the molecule is CCc1cc(-c2n[nH]c3ccc(N)cc23)ccn1.N#Cc1ccc2c(c1)CCCC2.[HH].[HH]. The second-order valence-electron chi connectivity index (χ2n) is 7.57. The summed E-state index contributed by atoms with van der Waals surface area (Å²) >= 11 is 0. The van der Waals surface area contributed by atoms with Crippen LogP contribution in [0.15, 0.2) is 54.7 Å². The van der Waals surface area contributed by atoms with Gasteiger partial charge in [-0.3, -0.25) is 10.1 Å². The Kier molecular flexibility index (Phi) is 5.76. The Labute approximate surface area is 179 Å². The number of nitrogens with zero attached hydrogens (tertiary/aromatic N) is 3. The highest BCUT2D eigenvalue weighted by Gasteiger charge is 2.09. The summed E-state index contributed by atoms with van der Waals surface area (Å²) in [6, 6.07) is 18.0. The van der Waals surface area contributed by atoms with Crippen molar-refractivity contribution in [2.75, 3.05) is 5.73 Å². The van der Waals surface area contributed by atoms with Gasteiger partial charge in [-0.25, -0.2) is 0 Å². The third-order valence-corrected chi connectivity index (χ3v) is 5.52. The highest BCUT2D eigenvalue weighted by atomic mass is 15.1. The summed E-state index contributed by atoms with van der Waals surface area (Å²) in [4.78, 5) is 4.30. The van der Waals surface area contributed by atoms with Gasteiger partial charge in [-0.15, -0.1) is 0 Å². The molecule has 0 radical (unpaired) electrons. The van der Waals surface area contributed by atoms with E-state index in [1.54, 1.807) is 0 Å². The molecule has 3 N–H and O–H groups in total. The van der Waals surface area contributed by atoms with E-state index in [9.17, 15) is 0 Å². The zero-order valence-corrected chi connectivity index (χ0v) is 17.2. The van der Waals surface area contributed by atoms with Crippen molar-refractivity contribution >= 4 is 16.6 Å². The molecule has 2 aromatic carbocycles. The zero-order valence-electron chi connectivity index (χ0n) is 17.2. The first-order chi connectivity index (χ1) is 14.7. The van der Waals surface area contributed by atoms with Gasteiger partial charge in [0.05, 0.1) is 17.1 Å². The van der Waals surface area contributed by atoms with E-state index < -0.39 is 0 Å². The molecule has 0 amide bonds. The maximum Gasteiger partial charge on any atom is 0.100 e. The lowest BCUT2D eigenvalue weighted by atomic mass is 9.91. The minimum absolute atomic E-state index is 0. The number of aromatic amines is 1. The van der Waals surface area contributed by atoms with Crippen molar-refractivity contribution in [3.63, 3.8) is 0 Å². The first-order valence-corrected chi connectivity index (χ1v) is 10.4. The maximum absolute atomic E-state index is 8.69. The van der Waals surface area contributed by atoms with E-state index in [2.05, 4.69) is 40.3 Å². The number of pyridine rings is 1. The zero-order chi connectivity index (χ0) is 20.9. The van der Waals surface area contributed by atoms with Gasteiger partial charge in [0.2, 0.25) is 0 Å². The molecule has 1 aliphatic rings. The van der Waals surface area contributed by atoms with Gasteiger partial charge in [0, 0.05) is 31.4 Å². The minimum Gasteiger partial charge on any atom is -0.399 e. The van der Waals surface area contributed by atoms with Gasteiger partial charge < -0.3 is 5.73 Å². The Morgan fingerprint density at radius 3 is 2.70 bits per heavy atom. The molecule has 5 nitrogen and oxygen atoms in total. The first-order valence-electron chi connectivity index (χ1n) is 10.4. The second kappa shape index (κ2) is 8.79. The smallest absolute Gasteiger partial charge is 0.100 e. The molecule has 4 aromatic rings. The van der Waals surface area contributed by atoms with Crippen LogP contribution in [0.5, 0.6) is 0 Å². The van der Waals surface area contributed by atoms with Crippen LogP contribution in [0.25, 0.3) is 22.2 Å². The van der Waals surface area contributed by atoms with Gasteiger partial charge in [-0.05, 0) is 85.7 Å². The topological polar surface area (TPSA) is 91.4 Å². The number of aromatic nitrogens is 3. The third kappa shape index (κ3) is 4.18. The van der Waals surface area contributed by atoms with E-state index >= 15 is 0 Å². The van der Waals surface area contributed by atoms with Crippen molar-refractivity contribution in [2.24, 2.45) is 0 Å². The minimum atomic E-state index is 0. The van der Waals surface area contributed by atoms with Crippen molar-refractivity contribution in [3.8, 4) is 17.3 Å². The summed E-state index contributed by atoms with van der Waals surface area (Å²) in [5.41, 5.74) is 14.3. The van der Waals surface area contributed by atoms with Crippen molar-refractivity contribution in [2.45, 2.75) is 39.0 Å². The van der Waals surface area contributed by atoms with E-state index in [1.807, 2.05) is 42.6 Å². The highest BCUT2D eigenvalue weighted by Crippen LogP contribution is 2.27. The van der Waals surface area contributed by atoms with Gasteiger partial charge in [0.25, 0.3) is 0 Å². The predicted octanol–water partition coefficient (Wildman–Crippen LogP) is 5.70. The van der Waals surface area contributed by atoms with E-state index in [-0.39, 0.29) is 2.85 Å². The summed E-state index contributed by atoms with van der Waals surface area (Å²) < 4.78 is 0. The number of nitriles is 1. The summed E-state index contributed by atoms with van der Waals surface area (Å²) in [6.45, 7) is 2.09. The maximum atomic E-state index is 8.69. The number of fused-ring (bicyclic) bond motifs is 2. The highest BCUT2D eigenvalue weighted by molar-refractivity contribution is 5.94. The summed E-state index contributed by atoms with van der Waals surface area (Å²) in [5, 5.41) is 17.1. The van der Waals surface area contributed by atoms with Crippen LogP contribution in [-0.2, 0) is 19.3 Å². The molecule has 154 valence electrons. The molecule has 0 atom stereocenters. The Balaban J connectivity index is 0.000000229. The van der Waals surface area contributed by atoms with Crippen LogP contribution in [0.3, 0.4) is 0 Å². The van der Waals surface area contributed by atoms with Crippen LogP contribution in [0, 0.1) is 11.3 Å². The molecule has 5 rings (SSSR count). The van der Waals surface area contributed by atoms with E-state index in [4.69, 9.17) is 11.0 Å². The van der Waals surface area contributed by atoms with Gasteiger partial charge in [0.1, 0.15) is 5.69 Å². The number of nitrogens with one attached hydrogen (secondary N) is 1. The lowest BCUT2D eigenvalue weighted by molar-refractivity contribution is 0.685. The fourth-order valence-electron chi connectivity index (χ4n) is 3.87. The molecular weight excluding hydrogens is 370 g/mol. The van der Waals surface area contributed by atoms with E-state index in [1.165, 1.54) is 30.4 Å². The number of H-pyrrole nitrogens is 1. The Bertz CT molecular complexity index is 1230. The normalized spacial score (nSPS) is 12.5. The van der Waals surface area contributed by atoms with Crippen molar-refractivity contribution in [3.05, 3.63) is 77.1 Å². The number of hydrogen-bond donors (Lipinski definition) is 2. The molecule has 0 bridgehead atoms. The van der Waals surface area contributed by atoms with Gasteiger partial charge >= 0.3 is 0 Å². The number of hydrogen-bond acceptors (Lipinski definition) is 4. The number of nitrogens with two attached hydrogens (primary N) is 1. The Morgan fingerprint density at radius 1 is 1.07 bits per heavy atom. The van der Waals surface area contributed by atoms with Crippen molar-refractivity contribution < 1.29 is 2.85 Å². The monoisotopic (exact) mass is 399 g/mol. The predicted molar refractivity (Wildman–Crippen MR) is 125 cm³/mol. The molecule has 0 saturated heterocycles. The standard InChI is InChI=1S/C14H14N4.C11H11N.2H2/c1-2-11-7-9(5-6-16-11)14-12-8-10(15)3-4-13(12)17-18-14;12-8-9-5-6-10-3-1-2-4-11(10)7-9;;/h3-8H,2,15H2,1H3,(H,17,18);5-7H,1-4H2;2*1H. The summed E-state index contributed by atoms with van der Waals surface area (Å²) in [6.07, 6.45) is 7.67. The Hall–Kier alpha value is -3.65. The number of nitrogen functional groups attached to an aromatic ring is 1. The molecule has 0 fully saturated rings. The van der Waals surface area contributed by atoms with Gasteiger partial charge in [-0.1, -0.05) is 13.0 Å². The van der Waals surface area contributed by atoms with Crippen LogP contribution in [-0.4, -0.2) is 15.2 Å².